The van der Waals surface area contributed by atoms with Gasteiger partial charge in [-0.15, -0.1) is 0 Å². The van der Waals surface area contributed by atoms with Crippen LogP contribution in [0.2, 0.25) is 0 Å². The number of aliphatic hydroxyl groups is 1. The summed E-state index contributed by atoms with van der Waals surface area (Å²) in [4.78, 5) is 2.42. The first kappa shape index (κ1) is 15.5. The summed E-state index contributed by atoms with van der Waals surface area (Å²) in [6, 6.07) is 10.6. The molecule has 0 amide bonds. The van der Waals surface area contributed by atoms with E-state index >= 15 is 0 Å². The Labute approximate surface area is 123 Å². The zero-order valence-electron chi connectivity index (χ0n) is 12.6. The minimum Gasteiger partial charge on any atom is -0.387 e. The summed E-state index contributed by atoms with van der Waals surface area (Å²) in [6.45, 7) is 6.25. The van der Waals surface area contributed by atoms with Crippen molar-refractivity contribution < 1.29 is 5.11 Å². The minimum absolute atomic E-state index is 0.380. The number of hydrogen-bond donors (Lipinski definition) is 2. The Morgan fingerprint density at radius 3 is 2.80 bits per heavy atom. The van der Waals surface area contributed by atoms with Gasteiger partial charge in [0.25, 0.3) is 0 Å². The molecule has 0 aliphatic carbocycles. The van der Waals surface area contributed by atoms with Crippen molar-refractivity contribution >= 4 is 0 Å². The Morgan fingerprint density at radius 1 is 1.35 bits per heavy atom. The van der Waals surface area contributed by atoms with Crippen molar-refractivity contribution in [3.05, 3.63) is 35.9 Å². The Balaban J connectivity index is 1.88. The lowest BCUT2D eigenvalue weighted by Gasteiger charge is -2.28. The number of rotatable bonds is 8. The molecule has 2 atom stereocenters. The topological polar surface area (TPSA) is 35.5 Å². The highest BCUT2D eigenvalue weighted by Gasteiger charge is 2.20. The molecular formula is C17H28N2O. The summed E-state index contributed by atoms with van der Waals surface area (Å²) in [5, 5.41) is 14.0. The molecule has 0 saturated carbocycles. The summed E-state index contributed by atoms with van der Waals surface area (Å²) < 4.78 is 0. The lowest BCUT2D eigenvalue weighted by Crippen LogP contribution is -2.40. The summed E-state index contributed by atoms with van der Waals surface area (Å²) in [5.41, 5.74) is 1.02. The Hall–Kier alpha value is -0.900. The van der Waals surface area contributed by atoms with Crippen LogP contribution in [0.4, 0.5) is 0 Å². The molecule has 1 heterocycles. The molecule has 1 aromatic rings. The molecule has 0 radical (unpaired) electrons. The maximum absolute atomic E-state index is 10.4. The Kier molecular flexibility index (Phi) is 6.51. The average Bonchev–Trinajstić information content (AvgIpc) is 2.98. The van der Waals surface area contributed by atoms with Crippen molar-refractivity contribution in [1.29, 1.82) is 0 Å². The van der Waals surface area contributed by atoms with E-state index in [1.54, 1.807) is 0 Å². The van der Waals surface area contributed by atoms with E-state index in [2.05, 4.69) is 17.1 Å². The molecule has 0 bridgehead atoms. The summed E-state index contributed by atoms with van der Waals surface area (Å²) in [6.07, 6.45) is 4.58. The maximum atomic E-state index is 10.4. The number of unbranched alkanes of at least 4 members (excludes halogenated alkanes) is 1. The number of nitrogens with one attached hydrogen (secondary N) is 1. The second kappa shape index (κ2) is 8.40. The van der Waals surface area contributed by atoms with Gasteiger partial charge in [0.1, 0.15) is 0 Å². The molecule has 3 nitrogen and oxygen atoms in total. The third-order valence-electron chi connectivity index (χ3n) is 4.08. The highest BCUT2D eigenvalue weighted by molar-refractivity contribution is 5.17. The molecule has 1 aliphatic rings. The molecule has 0 spiro atoms. The van der Waals surface area contributed by atoms with E-state index in [1.807, 2.05) is 30.3 Å². The fraction of sp³-hybridized carbons (Fsp3) is 0.647. The van der Waals surface area contributed by atoms with Crippen molar-refractivity contribution in [2.45, 2.75) is 44.8 Å². The predicted molar refractivity (Wildman–Crippen MR) is 83.8 cm³/mol. The van der Waals surface area contributed by atoms with Gasteiger partial charge in [-0.2, -0.15) is 0 Å². The van der Waals surface area contributed by atoms with Crippen LogP contribution < -0.4 is 5.32 Å². The molecule has 0 aromatic heterocycles. The van der Waals surface area contributed by atoms with Gasteiger partial charge in [-0.3, -0.25) is 4.90 Å². The molecule has 2 rings (SSSR count). The average molecular weight is 276 g/mol. The van der Waals surface area contributed by atoms with Crippen molar-refractivity contribution in [2.75, 3.05) is 26.2 Å². The standard InChI is InChI=1S/C17H28N2O/c1-2-3-12-19(13-16-10-7-11-18-16)14-17(20)15-8-5-4-6-9-15/h4-6,8-9,16-18,20H,2-3,7,10-14H2,1H3. The monoisotopic (exact) mass is 276 g/mol. The lowest BCUT2D eigenvalue weighted by atomic mass is 10.1. The van der Waals surface area contributed by atoms with Gasteiger partial charge >= 0.3 is 0 Å². The van der Waals surface area contributed by atoms with Gasteiger partial charge in [-0.05, 0) is 37.9 Å². The van der Waals surface area contributed by atoms with Gasteiger partial charge in [0, 0.05) is 19.1 Å². The van der Waals surface area contributed by atoms with E-state index in [1.165, 1.54) is 25.7 Å². The summed E-state index contributed by atoms with van der Waals surface area (Å²) in [7, 11) is 0. The third-order valence-corrected chi connectivity index (χ3v) is 4.08. The molecule has 1 aromatic carbocycles. The van der Waals surface area contributed by atoms with Crippen LogP contribution in [-0.4, -0.2) is 42.2 Å². The van der Waals surface area contributed by atoms with E-state index in [0.717, 1.165) is 31.7 Å². The van der Waals surface area contributed by atoms with Gasteiger partial charge in [-0.25, -0.2) is 0 Å². The van der Waals surface area contributed by atoms with Crippen molar-refractivity contribution in [1.82, 2.24) is 10.2 Å². The van der Waals surface area contributed by atoms with Crippen molar-refractivity contribution in [2.24, 2.45) is 0 Å². The van der Waals surface area contributed by atoms with Gasteiger partial charge in [0.05, 0.1) is 6.10 Å². The fourth-order valence-corrected chi connectivity index (χ4v) is 2.89. The number of benzene rings is 1. The largest absolute Gasteiger partial charge is 0.387 e. The first-order valence-electron chi connectivity index (χ1n) is 7.98. The van der Waals surface area contributed by atoms with Crippen molar-refractivity contribution in [3.63, 3.8) is 0 Å². The van der Waals surface area contributed by atoms with Crippen LogP contribution in [0.1, 0.15) is 44.3 Å². The zero-order valence-corrected chi connectivity index (χ0v) is 12.6. The van der Waals surface area contributed by atoms with Gasteiger partial charge in [0.15, 0.2) is 0 Å². The first-order valence-corrected chi connectivity index (χ1v) is 7.98. The van der Waals surface area contributed by atoms with E-state index < -0.39 is 0 Å². The summed E-state index contributed by atoms with van der Waals surface area (Å²) in [5.74, 6) is 0. The number of aliphatic hydroxyl groups excluding tert-OH is 1. The zero-order chi connectivity index (χ0) is 14.2. The lowest BCUT2D eigenvalue weighted by molar-refractivity contribution is 0.107. The molecule has 112 valence electrons. The van der Waals surface area contributed by atoms with Gasteiger partial charge in [-0.1, -0.05) is 43.7 Å². The van der Waals surface area contributed by atoms with Gasteiger partial charge < -0.3 is 10.4 Å². The predicted octanol–water partition coefficient (Wildman–Crippen LogP) is 2.57. The van der Waals surface area contributed by atoms with Crippen LogP contribution >= 0.6 is 0 Å². The third kappa shape index (κ3) is 4.89. The van der Waals surface area contributed by atoms with Crippen LogP contribution in [0.5, 0.6) is 0 Å². The van der Waals surface area contributed by atoms with Crippen LogP contribution in [0, 0.1) is 0 Å². The van der Waals surface area contributed by atoms with E-state index in [9.17, 15) is 5.11 Å². The quantitative estimate of drug-likeness (QED) is 0.766. The van der Waals surface area contributed by atoms with Crippen LogP contribution in [0.25, 0.3) is 0 Å². The summed E-state index contributed by atoms with van der Waals surface area (Å²) >= 11 is 0. The number of nitrogens with zero attached hydrogens (tertiary/aromatic N) is 1. The first-order chi connectivity index (χ1) is 9.79. The van der Waals surface area contributed by atoms with E-state index in [0.29, 0.717) is 6.04 Å². The molecule has 1 fully saturated rings. The SMILES string of the molecule is CCCCN(CC1CCCN1)CC(O)c1ccccc1. The molecule has 20 heavy (non-hydrogen) atoms. The Bertz CT molecular complexity index is 363. The molecule has 2 unspecified atom stereocenters. The van der Waals surface area contributed by atoms with Crippen LogP contribution in [0.3, 0.4) is 0 Å². The molecule has 2 N–H and O–H groups in total. The van der Waals surface area contributed by atoms with E-state index in [4.69, 9.17) is 0 Å². The molecule has 1 saturated heterocycles. The molecule has 1 aliphatic heterocycles. The smallest absolute Gasteiger partial charge is 0.0916 e. The van der Waals surface area contributed by atoms with Crippen LogP contribution in [0.15, 0.2) is 30.3 Å². The van der Waals surface area contributed by atoms with Crippen molar-refractivity contribution in [3.8, 4) is 0 Å². The number of hydrogen-bond acceptors (Lipinski definition) is 3. The van der Waals surface area contributed by atoms with Gasteiger partial charge in [0.2, 0.25) is 0 Å². The Morgan fingerprint density at radius 2 is 2.15 bits per heavy atom. The molecule has 3 heteroatoms. The second-order valence-electron chi connectivity index (χ2n) is 5.83. The minimum atomic E-state index is -0.380. The molecular weight excluding hydrogens is 248 g/mol. The van der Waals surface area contributed by atoms with E-state index in [-0.39, 0.29) is 6.10 Å². The van der Waals surface area contributed by atoms with Crippen LogP contribution in [-0.2, 0) is 0 Å². The highest BCUT2D eigenvalue weighted by atomic mass is 16.3. The fourth-order valence-electron chi connectivity index (χ4n) is 2.89. The normalized spacial score (nSPS) is 20.4. The maximum Gasteiger partial charge on any atom is 0.0916 e. The second-order valence-corrected chi connectivity index (χ2v) is 5.83. The highest BCUT2D eigenvalue weighted by Crippen LogP contribution is 2.16.